The Balaban J connectivity index is 1.81. The Morgan fingerprint density at radius 3 is 3.00 bits per heavy atom. The second-order valence-corrected chi connectivity index (χ2v) is 3.79. The quantitative estimate of drug-likeness (QED) is 0.736. The van der Waals surface area contributed by atoms with E-state index in [1.807, 2.05) is 7.05 Å². The molecule has 0 amide bonds. The summed E-state index contributed by atoms with van der Waals surface area (Å²) in [7, 11) is 1.88. The number of nitrogens with zero attached hydrogens (tertiary/aromatic N) is 3. The van der Waals surface area contributed by atoms with E-state index in [-0.39, 0.29) is 6.10 Å². The lowest BCUT2D eigenvalue weighted by atomic mass is 10.1. The Morgan fingerprint density at radius 2 is 2.46 bits per heavy atom. The monoisotopic (exact) mass is 181 g/mol. The van der Waals surface area contributed by atoms with Crippen molar-refractivity contribution < 1.29 is 5.11 Å². The van der Waals surface area contributed by atoms with E-state index >= 15 is 0 Å². The Labute approximate surface area is 77.6 Å². The van der Waals surface area contributed by atoms with Crippen LogP contribution in [0.4, 0.5) is 0 Å². The molecule has 4 nitrogen and oxygen atoms in total. The van der Waals surface area contributed by atoms with Crippen LogP contribution in [-0.4, -0.2) is 26.2 Å². The third-order valence-corrected chi connectivity index (χ3v) is 2.67. The van der Waals surface area contributed by atoms with Crippen molar-refractivity contribution in [3.05, 3.63) is 11.9 Å². The predicted molar refractivity (Wildman–Crippen MR) is 48.1 cm³/mol. The smallest absolute Gasteiger partial charge is 0.0725 e. The van der Waals surface area contributed by atoms with Crippen molar-refractivity contribution in [3.8, 4) is 0 Å². The highest BCUT2D eigenvalue weighted by Gasteiger charge is 2.29. The fraction of sp³-hybridized carbons (Fsp3) is 0.778. The highest BCUT2D eigenvalue weighted by Crippen LogP contribution is 2.34. The molecule has 72 valence electrons. The van der Waals surface area contributed by atoms with Gasteiger partial charge in [-0.25, -0.2) is 0 Å². The molecule has 1 aromatic heterocycles. The lowest BCUT2D eigenvalue weighted by Gasteiger charge is -2.07. The summed E-state index contributed by atoms with van der Waals surface area (Å²) >= 11 is 0. The molecule has 1 saturated carbocycles. The van der Waals surface area contributed by atoms with Crippen molar-refractivity contribution in [1.29, 1.82) is 0 Å². The summed E-state index contributed by atoms with van der Waals surface area (Å²) in [5.74, 6) is 0.571. The van der Waals surface area contributed by atoms with E-state index in [0.717, 1.165) is 18.5 Å². The topological polar surface area (TPSA) is 50.9 Å². The van der Waals surface area contributed by atoms with Gasteiger partial charge in [0.2, 0.25) is 0 Å². The summed E-state index contributed by atoms with van der Waals surface area (Å²) in [5, 5.41) is 17.3. The number of aliphatic hydroxyl groups excluding tert-OH is 1. The van der Waals surface area contributed by atoms with Crippen molar-refractivity contribution in [2.45, 2.75) is 31.8 Å². The molecule has 0 aliphatic heterocycles. The maximum atomic E-state index is 9.63. The Morgan fingerprint density at radius 1 is 1.69 bits per heavy atom. The lowest BCUT2D eigenvalue weighted by molar-refractivity contribution is 0.141. The normalized spacial score (nSPS) is 18.9. The molecule has 0 spiro atoms. The van der Waals surface area contributed by atoms with Crippen LogP contribution in [0.1, 0.15) is 25.0 Å². The maximum Gasteiger partial charge on any atom is 0.0725 e. The zero-order chi connectivity index (χ0) is 9.26. The largest absolute Gasteiger partial charge is 0.393 e. The zero-order valence-electron chi connectivity index (χ0n) is 7.85. The van der Waals surface area contributed by atoms with Gasteiger partial charge in [0.25, 0.3) is 0 Å². The molecule has 0 bridgehead atoms. The van der Waals surface area contributed by atoms with Gasteiger partial charge in [-0.3, -0.25) is 4.68 Å². The van der Waals surface area contributed by atoms with Gasteiger partial charge in [0.05, 0.1) is 18.0 Å². The Hall–Kier alpha value is -0.900. The SMILES string of the molecule is Cn1nncc1CCC(O)C1CC1. The molecule has 13 heavy (non-hydrogen) atoms. The molecule has 1 aliphatic rings. The molecular formula is C9H15N3O. The van der Waals surface area contributed by atoms with Crippen molar-refractivity contribution >= 4 is 0 Å². The number of aliphatic hydroxyl groups is 1. The van der Waals surface area contributed by atoms with Crippen LogP contribution in [-0.2, 0) is 13.5 Å². The molecular weight excluding hydrogens is 166 g/mol. The maximum absolute atomic E-state index is 9.63. The Bertz CT molecular complexity index is 280. The third kappa shape index (κ3) is 2.06. The zero-order valence-corrected chi connectivity index (χ0v) is 7.85. The number of hydrogen-bond acceptors (Lipinski definition) is 3. The van der Waals surface area contributed by atoms with Gasteiger partial charge in [-0.1, -0.05) is 5.21 Å². The van der Waals surface area contributed by atoms with E-state index in [4.69, 9.17) is 0 Å². The first-order valence-corrected chi connectivity index (χ1v) is 4.79. The summed E-state index contributed by atoms with van der Waals surface area (Å²) in [5.41, 5.74) is 1.10. The van der Waals surface area contributed by atoms with Crippen LogP contribution in [0.5, 0.6) is 0 Å². The van der Waals surface area contributed by atoms with Crippen LogP contribution < -0.4 is 0 Å². The van der Waals surface area contributed by atoms with E-state index in [1.54, 1.807) is 10.9 Å². The first kappa shape index (κ1) is 8.69. The summed E-state index contributed by atoms with van der Waals surface area (Å²) in [4.78, 5) is 0. The number of aryl methyl sites for hydroxylation is 2. The van der Waals surface area contributed by atoms with Crippen LogP contribution in [0.2, 0.25) is 0 Å². The molecule has 1 aliphatic carbocycles. The summed E-state index contributed by atoms with van der Waals surface area (Å²) in [6.07, 6.45) is 5.76. The molecule has 1 heterocycles. The fourth-order valence-electron chi connectivity index (χ4n) is 1.55. The van der Waals surface area contributed by atoms with Crippen molar-refractivity contribution in [3.63, 3.8) is 0 Å². The molecule has 1 N–H and O–H groups in total. The van der Waals surface area contributed by atoms with Gasteiger partial charge in [0.1, 0.15) is 0 Å². The summed E-state index contributed by atoms with van der Waals surface area (Å²) in [6, 6.07) is 0. The minimum atomic E-state index is -0.116. The third-order valence-electron chi connectivity index (χ3n) is 2.67. The highest BCUT2D eigenvalue weighted by molar-refractivity contribution is 4.94. The predicted octanol–water partition coefficient (Wildman–Crippen LogP) is 0.519. The van der Waals surface area contributed by atoms with Crippen LogP contribution >= 0.6 is 0 Å². The van der Waals surface area contributed by atoms with E-state index in [1.165, 1.54) is 12.8 Å². The van der Waals surface area contributed by atoms with Crippen LogP contribution in [0.15, 0.2) is 6.20 Å². The van der Waals surface area contributed by atoms with Crippen molar-refractivity contribution in [2.75, 3.05) is 0 Å². The molecule has 0 saturated heterocycles. The van der Waals surface area contributed by atoms with Crippen LogP contribution in [0, 0.1) is 5.92 Å². The van der Waals surface area contributed by atoms with Crippen molar-refractivity contribution in [1.82, 2.24) is 15.0 Å². The second-order valence-electron chi connectivity index (χ2n) is 3.79. The van der Waals surface area contributed by atoms with E-state index in [9.17, 15) is 5.11 Å². The van der Waals surface area contributed by atoms with E-state index in [0.29, 0.717) is 5.92 Å². The summed E-state index contributed by atoms with van der Waals surface area (Å²) in [6.45, 7) is 0. The molecule has 1 atom stereocenters. The fourth-order valence-corrected chi connectivity index (χ4v) is 1.55. The minimum Gasteiger partial charge on any atom is -0.393 e. The minimum absolute atomic E-state index is 0.116. The van der Waals surface area contributed by atoms with Gasteiger partial charge in [-0.05, 0) is 31.6 Å². The number of rotatable bonds is 4. The van der Waals surface area contributed by atoms with Gasteiger partial charge in [0.15, 0.2) is 0 Å². The molecule has 1 fully saturated rings. The molecule has 2 rings (SSSR count). The molecule has 1 aromatic rings. The molecule has 1 unspecified atom stereocenters. The average molecular weight is 181 g/mol. The van der Waals surface area contributed by atoms with E-state index in [2.05, 4.69) is 10.3 Å². The lowest BCUT2D eigenvalue weighted by Crippen LogP contribution is -2.11. The van der Waals surface area contributed by atoms with Gasteiger partial charge in [0, 0.05) is 7.05 Å². The number of hydrogen-bond donors (Lipinski definition) is 1. The Kier molecular flexibility index (Phi) is 2.31. The highest BCUT2D eigenvalue weighted by atomic mass is 16.3. The standard InChI is InChI=1S/C9H15N3O/c1-12-8(6-10-11-12)4-5-9(13)7-2-3-7/h6-7,9,13H,2-5H2,1H3. The first-order chi connectivity index (χ1) is 6.27. The van der Waals surface area contributed by atoms with Crippen molar-refractivity contribution in [2.24, 2.45) is 13.0 Å². The second kappa shape index (κ2) is 3.46. The molecule has 0 radical (unpaired) electrons. The first-order valence-electron chi connectivity index (χ1n) is 4.79. The average Bonchev–Trinajstić information content (AvgIpc) is 2.88. The van der Waals surface area contributed by atoms with Gasteiger partial charge in [-0.15, -0.1) is 5.10 Å². The van der Waals surface area contributed by atoms with Gasteiger partial charge in [-0.2, -0.15) is 0 Å². The van der Waals surface area contributed by atoms with E-state index < -0.39 is 0 Å². The van der Waals surface area contributed by atoms with Crippen LogP contribution in [0.25, 0.3) is 0 Å². The van der Waals surface area contributed by atoms with Gasteiger partial charge < -0.3 is 5.11 Å². The molecule has 4 heteroatoms. The number of aromatic nitrogens is 3. The summed E-state index contributed by atoms with van der Waals surface area (Å²) < 4.78 is 1.76. The van der Waals surface area contributed by atoms with Crippen LogP contribution in [0.3, 0.4) is 0 Å². The van der Waals surface area contributed by atoms with Gasteiger partial charge >= 0.3 is 0 Å². The molecule has 0 aromatic carbocycles.